The summed E-state index contributed by atoms with van der Waals surface area (Å²) < 4.78 is 26.5. The first-order chi connectivity index (χ1) is 8.09. The van der Waals surface area contributed by atoms with E-state index in [0.717, 1.165) is 5.56 Å². The molecule has 1 rings (SSSR count). The molecular weight excluding hydrogens is 248 g/mol. The van der Waals surface area contributed by atoms with Gasteiger partial charge in [0.25, 0.3) is 0 Å². The topological polar surface area (TPSA) is 72.2 Å². The minimum Gasteiger partial charge on any atom is -0.324 e. The summed E-state index contributed by atoms with van der Waals surface area (Å²) in [5, 5.41) is 0. The van der Waals surface area contributed by atoms with Gasteiger partial charge in [0.1, 0.15) is 0 Å². The Morgan fingerprint density at radius 3 is 2.44 bits per heavy atom. The van der Waals surface area contributed by atoms with E-state index in [4.69, 9.17) is 5.73 Å². The fourth-order valence-electron chi connectivity index (χ4n) is 1.67. The van der Waals surface area contributed by atoms with Gasteiger partial charge >= 0.3 is 0 Å². The molecular formula is C13H22N2O2S. The van der Waals surface area contributed by atoms with Crippen LogP contribution in [0, 0.1) is 5.41 Å². The highest BCUT2D eigenvalue weighted by Crippen LogP contribution is 2.20. The zero-order valence-corrected chi connectivity index (χ0v) is 12.2. The van der Waals surface area contributed by atoms with Crippen LogP contribution in [-0.4, -0.2) is 14.2 Å². The number of rotatable bonds is 4. The Hall–Kier alpha value is -1.07. The number of sulfonamides is 1. The highest BCUT2D eigenvalue weighted by Gasteiger charge is 2.21. The largest absolute Gasteiger partial charge is 0.324 e. The molecule has 4 nitrogen and oxygen atoms in total. The molecule has 18 heavy (non-hydrogen) atoms. The Morgan fingerprint density at radius 1 is 1.33 bits per heavy atom. The van der Waals surface area contributed by atoms with Crippen molar-refractivity contribution in [2.24, 2.45) is 11.1 Å². The molecule has 1 aromatic rings. The predicted molar refractivity (Wildman–Crippen MR) is 75.9 cm³/mol. The second kappa shape index (κ2) is 5.28. The van der Waals surface area contributed by atoms with Gasteiger partial charge in [-0.25, -0.2) is 8.42 Å². The van der Waals surface area contributed by atoms with Crippen LogP contribution in [0.25, 0.3) is 0 Å². The van der Waals surface area contributed by atoms with E-state index < -0.39 is 10.0 Å². The zero-order chi connectivity index (χ0) is 14.0. The Morgan fingerprint density at radius 2 is 1.94 bits per heavy atom. The van der Waals surface area contributed by atoms with Crippen LogP contribution in [0.1, 0.15) is 39.3 Å². The molecule has 0 bridgehead atoms. The van der Waals surface area contributed by atoms with E-state index in [1.807, 2.05) is 33.8 Å². The number of nitrogens with one attached hydrogen (secondary N) is 1. The van der Waals surface area contributed by atoms with Crippen LogP contribution in [0.2, 0.25) is 0 Å². The summed E-state index contributed by atoms with van der Waals surface area (Å²) in [6, 6.07) is 7.06. The van der Waals surface area contributed by atoms with Gasteiger partial charge in [0.15, 0.2) is 0 Å². The minimum atomic E-state index is -3.33. The Kier molecular flexibility index (Phi) is 4.40. The lowest BCUT2D eigenvalue weighted by molar-refractivity contribution is 0.463. The quantitative estimate of drug-likeness (QED) is 0.883. The Balaban J connectivity index is 2.88. The average molecular weight is 270 g/mol. The molecule has 0 radical (unpaired) electrons. The molecule has 0 aliphatic heterocycles. The molecule has 1 aromatic carbocycles. The molecule has 0 spiro atoms. The van der Waals surface area contributed by atoms with Crippen LogP contribution < -0.4 is 10.5 Å². The van der Waals surface area contributed by atoms with E-state index in [1.165, 1.54) is 0 Å². The van der Waals surface area contributed by atoms with Crippen molar-refractivity contribution in [1.29, 1.82) is 0 Å². The molecule has 3 N–H and O–H groups in total. The third kappa shape index (κ3) is 5.06. The van der Waals surface area contributed by atoms with Gasteiger partial charge < -0.3 is 5.73 Å². The lowest BCUT2D eigenvalue weighted by Gasteiger charge is -2.19. The van der Waals surface area contributed by atoms with Gasteiger partial charge in [-0.3, -0.25) is 4.72 Å². The third-order valence-corrected chi connectivity index (χ3v) is 4.10. The molecule has 0 aliphatic carbocycles. The fourth-order valence-corrected chi connectivity index (χ4v) is 3.37. The maximum atomic E-state index is 12.0. The fraction of sp³-hybridized carbons (Fsp3) is 0.538. The number of benzene rings is 1. The molecule has 1 unspecified atom stereocenters. The average Bonchev–Trinajstić information content (AvgIpc) is 2.12. The number of hydrogen-bond donors (Lipinski definition) is 2. The van der Waals surface area contributed by atoms with Crippen LogP contribution in [-0.2, 0) is 10.0 Å². The second-order valence-corrected chi connectivity index (χ2v) is 7.56. The highest BCUT2D eigenvalue weighted by atomic mass is 32.2. The van der Waals surface area contributed by atoms with Crippen LogP contribution in [0.15, 0.2) is 24.3 Å². The smallest absolute Gasteiger partial charge is 0.233 e. The van der Waals surface area contributed by atoms with Crippen molar-refractivity contribution in [3.8, 4) is 0 Å². The molecule has 1 atom stereocenters. The molecule has 0 aromatic heterocycles. The first-order valence-corrected chi connectivity index (χ1v) is 7.60. The lowest BCUT2D eigenvalue weighted by atomic mass is 10.0. The second-order valence-electron chi connectivity index (χ2n) is 5.84. The van der Waals surface area contributed by atoms with Gasteiger partial charge in [0.2, 0.25) is 10.0 Å². The van der Waals surface area contributed by atoms with Crippen molar-refractivity contribution in [3.05, 3.63) is 29.8 Å². The van der Waals surface area contributed by atoms with Crippen LogP contribution in [0.4, 0.5) is 5.69 Å². The summed E-state index contributed by atoms with van der Waals surface area (Å²) in [5.41, 5.74) is 6.97. The first-order valence-electron chi connectivity index (χ1n) is 5.95. The molecule has 0 saturated carbocycles. The summed E-state index contributed by atoms with van der Waals surface area (Å²) >= 11 is 0. The summed E-state index contributed by atoms with van der Waals surface area (Å²) in [6.45, 7) is 7.54. The molecule has 0 amide bonds. The number of anilines is 1. The summed E-state index contributed by atoms with van der Waals surface area (Å²) in [4.78, 5) is 0. The van der Waals surface area contributed by atoms with E-state index >= 15 is 0 Å². The van der Waals surface area contributed by atoms with Crippen molar-refractivity contribution < 1.29 is 8.42 Å². The third-order valence-electron chi connectivity index (χ3n) is 2.31. The van der Waals surface area contributed by atoms with Gasteiger partial charge in [-0.2, -0.15) is 0 Å². The van der Waals surface area contributed by atoms with E-state index in [1.54, 1.807) is 18.2 Å². The zero-order valence-electron chi connectivity index (χ0n) is 11.4. The maximum absolute atomic E-state index is 12.0. The normalized spacial score (nSPS) is 14.3. The monoisotopic (exact) mass is 270 g/mol. The molecule has 0 fully saturated rings. The van der Waals surface area contributed by atoms with Gasteiger partial charge in [0.05, 0.1) is 5.75 Å². The standard InChI is InChI=1S/C13H22N2O2S/c1-10(14)11-6-5-7-12(8-11)15-18(16,17)9-13(2,3)4/h5-8,10,15H,9,14H2,1-4H3. The van der Waals surface area contributed by atoms with E-state index in [9.17, 15) is 8.42 Å². The molecule has 102 valence electrons. The Labute approximate surface area is 110 Å². The van der Waals surface area contributed by atoms with E-state index in [0.29, 0.717) is 5.69 Å². The van der Waals surface area contributed by atoms with Crippen molar-refractivity contribution in [2.45, 2.75) is 33.7 Å². The summed E-state index contributed by atoms with van der Waals surface area (Å²) in [6.07, 6.45) is 0. The maximum Gasteiger partial charge on any atom is 0.233 e. The van der Waals surface area contributed by atoms with Gasteiger partial charge in [-0.05, 0) is 30.0 Å². The van der Waals surface area contributed by atoms with Crippen LogP contribution in [0.5, 0.6) is 0 Å². The van der Waals surface area contributed by atoms with E-state index in [-0.39, 0.29) is 17.2 Å². The highest BCUT2D eigenvalue weighted by molar-refractivity contribution is 7.92. The van der Waals surface area contributed by atoms with Crippen molar-refractivity contribution in [2.75, 3.05) is 10.5 Å². The minimum absolute atomic E-state index is 0.0857. The molecule has 0 aliphatic rings. The van der Waals surface area contributed by atoms with Gasteiger partial charge in [0, 0.05) is 11.7 Å². The van der Waals surface area contributed by atoms with Gasteiger partial charge in [-0.1, -0.05) is 32.9 Å². The summed E-state index contributed by atoms with van der Waals surface area (Å²) in [5.74, 6) is 0.0857. The number of nitrogens with two attached hydrogens (primary N) is 1. The Bertz CT molecular complexity index is 502. The lowest BCUT2D eigenvalue weighted by Crippen LogP contribution is -2.26. The van der Waals surface area contributed by atoms with Gasteiger partial charge in [-0.15, -0.1) is 0 Å². The SMILES string of the molecule is CC(N)c1cccc(NS(=O)(=O)CC(C)(C)C)c1. The van der Waals surface area contributed by atoms with Crippen LogP contribution >= 0.6 is 0 Å². The van der Waals surface area contributed by atoms with E-state index in [2.05, 4.69) is 4.72 Å². The van der Waals surface area contributed by atoms with Crippen molar-refractivity contribution >= 4 is 15.7 Å². The molecule has 5 heteroatoms. The predicted octanol–water partition coefficient (Wildman–Crippen LogP) is 2.49. The molecule has 0 heterocycles. The molecule has 0 saturated heterocycles. The van der Waals surface area contributed by atoms with Crippen LogP contribution in [0.3, 0.4) is 0 Å². The van der Waals surface area contributed by atoms with Crippen molar-refractivity contribution in [3.63, 3.8) is 0 Å². The summed E-state index contributed by atoms with van der Waals surface area (Å²) in [7, 11) is -3.33. The number of hydrogen-bond acceptors (Lipinski definition) is 3. The van der Waals surface area contributed by atoms with Crippen molar-refractivity contribution in [1.82, 2.24) is 0 Å². The first kappa shape index (κ1) is 15.0.